The normalized spacial score (nSPS) is 18.2. The Morgan fingerprint density at radius 3 is 3.04 bits per heavy atom. The van der Waals surface area contributed by atoms with Crippen LogP contribution >= 0.6 is 11.3 Å². The molecule has 2 aromatic heterocycles. The summed E-state index contributed by atoms with van der Waals surface area (Å²) >= 11 is 1.66. The van der Waals surface area contributed by atoms with Gasteiger partial charge in [-0.05, 0) is 26.0 Å². The maximum absolute atomic E-state index is 12.5. The first-order chi connectivity index (χ1) is 11.1. The van der Waals surface area contributed by atoms with E-state index in [1.165, 1.54) is 4.88 Å². The molecule has 1 saturated heterocycles. The monoisotopic (exact) mass is 335 g/mol. The van der Waals surface area contributed by atoms with Gasteiger partial charge in [-0.3, -0.25) is 0 Å². The highest BCUT2D eigenvalue weighted by molar-refractivity contribution is 7.11. The summed E-state index contributed by atoms with van der Waals surface area (Å²) < 4.78 is 11.2. The minimum atomic E-state index is -0.167. The molecule has 124 valence electrons. The van der Waals surface area contributed by atoms with Gasteiger partial charge >= 0.3 is 6.03 Å². The third-order valence-electron chi connectivity index (χ3n) is 3.76. The molecule has 3 heterocycles. The number of nitrogens with one attached hydrogen (secondary N) is 1. The Morgan fingerprint density at radius 2 is 2.35 bits per heavy atom. The Hall–Kier alpha value is -1.86. The van der Waals surface area contributed by atoms with Gasteiger partial charge in [0.15, 0.2) is 0 Å². The van der Waals surface area contributed by atoms with E-state index in [0.717, 1.165) is 22.9 Å². The van der Waals surface area contributed by atoms with Gasteiger partial charge in [-0.15, -0.1) is 11.3 Å². The van der Waals surface area contributed by atoms with E-state index in [1.807, 2.05) is 32.2 Å². The van der Waals surface area contributed by atoms with E-state index in [2.05, 4.69) is 10.3 Å². The molecule has 2 amide bonds. The van der Waals surface area contributed by atoms with Gasteiger partial charge in [0, 0.05) is 30.6 Å². The fourth-order valence-electron chi connectivity index (χ4n) is 2.61. The maximum atomic E-state index is 12.5. The van der Waals surface area contributed by atoms with Crippen molar-refractivity contribution in [2.75, 3.05) is 26.3 Å². The summed E-state index contributed by atoms with van der Waals surface area (Å²) in [6.07, 6.45) is 2.61. The molecule has 1 atom stereocenters. The third-order valence-corrected chi connectivity index (χ3v) is 4.74. The van der Waals surface area contributed by atoms with Crippen LogP contribution in [0.1, 0.15) is 27.4 Å². The Labute approximate surface area is 139 Å². The van der Waals surface area contributed by atoms with Crippen LogP contribution in [0.25, 0.3) is 0 Å². The lowest BCUT2D eigenvalue weighted by atomic mass is 10.2. The van der Waals surface area contributed by atoms with Crippen molar-refractivity contribution in [3.8, 4) is 0 Å². The second-order valence-corrected chi connectivity index (χ2v) is 6.90. The molecule has 0 aromatic carbocycles. The average molecular weight is 335 g/mol. The molecule has 1 aliphatic heterocycles. The summed E-state index contributed by atoms with van der Waals surface area (Å²) in [4.78, 5) is 19.8. The number of thiazole rings is 1. The number of aryl methyl sites for hydroxylation is 2. The van der Waals surface area contributed by atoms with Gasteiger partial charge in [0.2, 0.25) is 0 Å². The van der Waals surface area contributed by atoms with Gasteiger partial charge in [0.25, 0.3) is 0 Å². The smallest absolute Gasteiger partial charge is 0.318 e. The Bertz CT molecular complexity index is 667. The number of hydrogen-bond acceptors (Lipinski definition) is 5. The molecule has 23 heavy (non-hydrogen) atoms. The molecule has 2 aromatic rings. The second-order valence-electron chi connectivity index (χ2n) is 5.58. The zero-order chi connectivity index (χ0) is 16.2. The predicted octanol–water partition coefficient (Wildman–Crippen LogP) is 2.68. The van der Waals surface area contributed by atoms with Crippen LogP contribution in [0, 0.1) is 13.8 Å². The number of carbonyl (C=O) groups is 1. The molecule has 1 fully saturated rings. The number of furan rings is 1. The van der Waals surface area contributed by atoms with E-state index in [1.54, 1.807) is 16.2 Å². The molecule has 0 radical (unpaired) electrons. The lowest BCUT2D eigenvalue weighted by Crippen LogP contribution is -2.48. The zero-order valence-electron chi connectivity index (χ0n) is 13.4. The summed E-state index contributed by atoms with van der Waals surface area (Å²) in [5, 5.41) is 4.02. The van der Waals surface area contributed by atoms with Crippen molar-refractivity contribution in [2.24, 2.45) is 0 Å². The molecular weight excluding hydrogens is 314 g/mol. The Kier molecular flexibility index (Phi) is 4.97. The standard InChI is InChI=1S/C16H21N3O3S/c1-11-3-4-14(22-11)13-10-21-8-7-19(13)16(20)17-6-5-15-18-9-12(2)23-15/h3-4,9,13H,5-8,10H2,1-2H3,(H,17,20)/t13-/m1/s1. The highest BCUT2D eigenvalue weighted by Crippen LogP contribution is 2.25. The van der Waals surface area contributed by atoms with Crippen LogP contribution in [0.3, 0.4) is 0 Å². The van der Waals surface area contributed by atoms with Crippen molar-refractivity contribution in [1.29, 1.82) is 0 Å². The molecule has 0 aliphatic carbocycles. The lowest BCUT2D eigenvalue weighted by Gasteiger charge is -2.34. The lowest BCUT2D eigenvalue weighted by molar-refractivity contribution is 0.00413. The SMILES string of the molecule is Cc1ccc([C@H]2COCCN2C(=O)NCCc2ncc(C)s2)o1. The molecule has 0 bridgehead atoms. The van der Waals surface area contributed by atoms with Crippen LogP contribution < -0.4 is 5.32 Å². The van der Waals surface area contributed by atoms with Gasteiger partial charge in [-0.25, -0.2) is 9.78 Å². The average Bonchev–Trinajstić information content (AvgIpc) is 3.16. The van der Waals surface area contributed by atoms with Gasteiger partial charge in [-0.2, -0.15) is 0 Å². The first-order valence-corrected chi connectivity index (χ1v) is 8.55. The third kappa shape index (κ3) is 3.92. The topological polar surface area (TPSA) is 67.6 Å². The Morgan fingerprint density at radius 1 is 1.48 bits per heavy atom. The van der Waals surface area contributed by atoms with Crippen molar-refractivity contribution in [3.05, 3.63) is 39.7 Å². The van der Waals surface area contributed by atoms with E-state index in [0.29, 0.717) is 26.3 Å². The number of morpholine rings is 1. The van der Waals surface area contributed by atoms with Crippen molar-refractivity contribution >= 4 is 17.4 Å². The van der Waals surface area contributed by atoms with Crippen LogP contribution in [-0.4, -0.2) is 42.2 Å². The van der Waals surface area contributed by atoms with Crippen molar-refractivity contribution in [1.82, 2.24) is 15.2 Å². The number of hydrogen-bond donors (Lipinski definition) is 1. The largest absolute Gasteiger partial charge is 0.464 e. The number of urea groups is 1. The van der Waals surface area contributed by atoms with Gasteiger partial charge < -0.3 is 19.4 Å². The van der Waals surface area contributed by atoms with Gasteiger partial charge in [-0.1, -0.05) is 0 Å². The van der Waals surface area contributed by atoms with Crippen LogP contribution in [0.4, 0.5) is 4.79 Å². The van der Waals surface area contributed by atoms with Gasteiger partial charge in [0.05, 0.1) is 18.2 Å². The molecule has 0 spiro atoms. The van der Waals surface area contributed by atoms with E-state index < -0.39 is 0 Å². The van der Waals surface area contributed by atoms with Gasteiger partial charge in [0.1, 0.15) is 17.6 Å². The van der Waals surface area contributed by atoms with E-state index in [-0.39, 0.29) is 12.1 Å². The van der Waals surface area contributed by atoms with E-state index in [4.69, 9.17) is 9.15 Å². The number of ether oxygens (including phenoxy) is 1. The molecular formula is C16H21N3O3S. The number of aromatic nitrogens is 1. The molecule has 0 unspecified atom stereocenters. The molecule has 1 N–H and O–H groups in total. The number of amides is 2. The van der Waals surface area contributed by atoms with Crippen molar-refractivity contribution < 1.29 is 13.9 Å². The number of rotatable bonds is 4. The summed E-state index contributed by atoms with van der Waals surface area (Å²) in [6, 6.07) is 3.57. The highest BCUT2D eigenvalue weighted by atomic mass is 32.1. The molecule has 1 aliphatic rings. The fraction of sp³-hybridized carbons (Fsp3) is 0.500. The molecule has 3 rings (SSSR count). The fourth-order valence-corrected chi connectivity index (χ4v) is 3.40. The van der Waals surface area contributed by atoms with E-state index in [9.17, 15) is 4.79 Å². The van der Waals surface area contributed by atoms with Crippen molar-refractivity contribution in [2.45, 2.75) is 26.3 Å². The summed E-state index contributed by atoms with van der Waals surface area (Å²) in [5.41, 5.74) is 0. The van der Waals surface area contributed by atoms with Crippen LogP contribution in [0.2, 0.25) is 0 Å². The summed E-state index contributed by atoms with van der Waals surface area (Å²) in [6.45, 7) is 6.08. The second kappa shape index (κ2) is 7.14. The highest BCUT2D eigenvalue weighted by Gasteiger charge is 2.30. The van der Waals surface area contributed by atoms with Crippen LogP contribution in [0.5, 0.6) is 0 Å². The minimum Gasteiger partial charge on any atom is -0.464 e. The minimum absolute atomic E-state index is 0.0827. The molecule has 7 heteroatoms. The number of carbonyl (C=O) groups excluding carboxylic acids is 1. The predicted molar refractivity (Wildman–Crippen MR) is 87.7 cm³/mol. The van der Waals surface area contributed by atoms with Crippen LogP contribution in [-0.2, 0) is 11.2 Å². The van der Waals surface area contributed by atoms with Crippen LogP contribution in [0.15, 0.2) is 22.7 Å². The Balaban J connectivity index is 1.57. The summed E-state index contributed by atoms with van der Waals surface area (Å²) in [5.74, 6) is 1.61. The number of nitrogens with zero attached hydrogens (tertiary/aromatic N) is 2. The first-order valence-electron chi connectivity index (χ1n) is 7.73. The first kappa shape index (κ1) is 16.0. The molecule has 0 saturated carbocycles. The summed E-state index contributed by atoms with van der Waals surface area (Å²) in [7, 11) is 0. The zero-order valence-corrected chi connectivity index (χ0v) is 14.2. The van der Waals surface area contributed by atoms with Crippen molar-refractivity contribution in [3.63, 3.8) is 0 Å². The molecule has 6 nitrogen and oxygen atoms in total. The quantitative estimate of drug-likeness (QED) is 0.933. The maximum Gasteiger partial charge on any atom is 0.318 e. The van der Waals surface area contributed by atoms with E-state index >= 15 is 0 Å².